The summed E-state index contributed by atoms with van der Waals surface area (Å²) in [6, 6.07) is 5.42. The maximum Gasteiger partial charge on any atom is 0.231 e. The monoisotopic (exact) mass is 358 g/mol. The molecule has 1 atom stereocenters. The molecular formula is C15H20BrClN2O. The summed E-state index contributed by atoms with van der Waals surface area (Å²) in [7, 11) is 0. The molecule has 0 bridgehead atoms. The number of rotatable bonds is 4. The molecule has 2 N–H and O–H groups in total. The highest BCUT2D eigenvalue weighted by Gasteiger charge is 2.38. The van der Waals surface area contributed by atoms with Gasteiger partial charge in [-0.2, -0.15) is 0 Å². The molecule has 5 heteroatoms. The van der Waals surface area contributed by atoms with Gasteiger partial charge in [-0.15, -0.1) is 0 Å². The molecule has 0 radical (unpaired) electrons. The summed E-state index contributed by atoms with van der Waals surface area (Å²) in [5.74, 6) is 0.0921. The molecule has 110 valence electrons. The highest BCUT2D eigenvalue weighted by molar-refractivity contribution is 9.10. The smallest absolute Gasteiger partial charge is 0.231 e. The summed E-state index contributed by atoms with van der Waals surface area (Å²) in [5, 5.41) is 7.01. The quantitative estimate of drug-likeness (QED) is 0.845. The van der Waals surface area contributed by atoms with E-state index in [2.05, 4.69) is 33.5 Å². The van der Waals surface area contributed by atoms with Crippen LogP contribution in [0.2, 0.25) is 5.02 Å². The fourth-order valence-corrected chi connectivity index (χ4v) is 3.33. The second kappa shape index (κ2) is 6.92. The largest absolute Gasteiger partial charge is 0.324 e. The molecule has 1 saturated heterocycles. The third kappa shape index (κ3) is 3.54. The average molecular weight is 360 g/mol. The van der Waals surface area contributed by atoms with Crippen molar-refractivity contribution in [3.63, 3.8) is 0 Å². The van der Waals surface area contributed by atoms with Gasteiger partial charge in [-0.05, 0) is 59.9 Å². The van der Waals surface area contributed by atoms with Crippen molar-refractivity contribution in [3.8, 4) is 0 Å². The van der Waals surface area contributed by atoms with Crippen molar-refractivity contribution in [1.29, 1.82) is 0 Å². The standard InChI is InChI=1S/C15H20BrClN2O/c1-2-6-15(7-3-8-18-10-15)14(20)19-13-9-11(17)4-5-12(13)16/h4-5,9,18H,2-3,6-8,10H2,1H3,(H,19,20). The number of nitrogens with one attached hydrogen (secondary N) is 2. The average Bonchev–Trinajstić information content (AvgIpc) is 2.44. The molecule has 0 spiro atoms. The molecule has 1 aliphatic heterocycles. The van der Waals surface area contributed by atoms with Gasteiger partial charge in [0.1, 0.15) is 0 Å². The third-order valence-electron chi connectivity index (χ3n) is 3.86. The molecule has 3 nitrogen and oxygen atoms in total. The second-order valence-corrected chi connectivity index (χ2v) is 6.68. The van der Waals surface area contributed by atoms with Crippen LogP contribution in [0.15, 0.2) is 22.7 Å². The van der Waals surface area contributed by atoms with Crippen molar-refractivity contribution >= 4 is 39.1 Å². The Kier molecular flexibility index (Phi) is 5.47. The molecule has 1 unspecified atom stereocenters. The molecule has 1 fully saturated rings. The maximum atomic E-state index is 12.7. The number of hydrogen-bond acceptors (Lipinski definition) is 2. The van der Waals surface area contributed by atoms with Crippen LogP contribution < -0.4 is 10.6 Å². The molecule has 1 aromatic rings. The van der Waals surface area contributed by atoms with Crippen molar-refractivity contribution in [1.82, 2.24) is 5.32 Å². The van der Waals surface area contributed by atoms with Gasteiger partial charge in [-0.1, -0.05) is 24.9 Å². The molecule has 1 heterocycles. The van der Waals surface area contributed by atoms with Gasteiger partial charge in [-0.25, -0.2) is 0 Å². The lowest BCUT2D eigenvalue weighted by Crippen LogP contribution is -2.48. The fraction of sp³-hybridized carbons (Fsp3) is 0.533. The van der Waals surface area contributed by atoms with Crippen molar-refractivity contribution in [2.45, 2.75) is 32.6 Å². The number of benzene rings is 1. The summed E-state index contributed by atoms with van der Waals surface area (Å²) >= 11 is 9.45. The van der Waals surface area contributed by atoms with Crippen LogP contribution in [-0.2, 0) is 4.79 Å². The predicted octanol–water partition coefficient (Wildman–Crippen LogP) is 4.21. The van der Waals surface area contributed by atoms with Crippen LogP contribution >= 0.6 is 27.5 Å². The van der Waals surface area contributed by atoms with E-state index in [0.717, 1.165) is 48.9 Å². The molecule has 1 amide bonds. The molecule has 1 aliphatic rings. The Hall–Kier alpha value is -0.580. The zero-order valence-corrected chi connectivity index (χ0v) is 14.0. The third-order valence-corrected chi connectivity index (χ3v) is 4.79. The highest BCUT2D eigenvalue weighted by atomic mass is 79.9. The number of carbonyl (C=O) groups excluding carboxylic acids is 1. The van der Waals surface area contributed by atoms with Gasteiger partial charge < -0.3 is 10.6 Å². The maximum absolute atomic E-state index is 12.7. The van der Waals surface area contributed by atoms with E-state index in [9.17, 15) is 4.79 Å². The van der Waals surface area contributed by atoms with E-state index in [1.165, 1.54) is 0 Å². The summed E-state index contributed by atoms with van der Waals surface area (Å²) < 4.78 is 0.852. The first kappa shape index (κ1) is 15.8. The Morgan fingerprint density at radius 3 is 3.00 bits per heavy atom. The lowest BCUT2D eigenvalue weighted by Gasteiger charge is -2.36. The molecule has 0 aromatic heterocycles. The first-order chi connectivity index (χ1) is 9.57. The van der Waals surface area contributed by atoms with Gasteiger partial charge in [0.25, 0.3) is 0 Å². The molecule has 1 aromatic carbocycles. The highest BCUT2D eigenvalue weighted by Crippen LogP contribution is 2.34. The number of amides is 1. The molecule has 0 saturated carbocycles. The lowest BCUT2D eigenvalue weighted by molar-refractivity contribution is -0.127. The van der Waals surface area contributed by atoms with E-state index in [1.54, 1.807) is 12.1 Å². The van der Waals surface area contributed by atoms with Crippen molar-refractivity contribution in [2.24, 2.45) is 5.41 Å². The van der Waals surface area contributed by atoms with Crippen LogP contribution in [0.5, 0.6) is 0 Å². The zero-order valence-electron chi connectivity index (χ0n) is 11.6. The zero-order chi connectivity index (χ0) is 14.6. The number of hydrogen-bond donors (Lipinski definition) is 2. The first-order valence-electron chi connectivity index (χ1n) is 7.04. The van der Waals surface area contributed by atoms with Crippen LogP contribution in [0.1, 0.15) is 32.6 Å². The number of carbonyl (C=O) groups is 1. The minimum absolute atomic E-state index is 0.0921. The minimum Gasteiger partial charge on any atom is -0.324 e. The number of anilines is 1. The Morgan fingerprint density at radius 2 is 2.35 bits per heavy atom. The molecule has 20 heavy (non-hydrogen) atoms. The van der Waals surface area contributed by atoms with Gasteiger partial charge in [-0.3, -0.25) is 4.79 Å². The van der Waals surface area contributed by atoms with E-state index in [4.69, 9.17) is 11.6 Å². The van der Waals surface area contributed by atoms with Gasteiger partial charge in [0, 0.05) is 16.0 Å². The topological polar surface area (TPSA) is 41.1 Å². The van der Waals surface area contributed by atoms with E-state index in [-0.39, 0.29) is 11.3 Å². The Balaban J connectivity index is 2.18. The Morgan fingerprint density at radius 1 is 1.55 bits per heavy atom. The molecular weight excluding hydrogens is 340 g/mol. The molecule has 2 rings (SSSR count). The Bertz CT molecular complexity index is 481. The van der Waals surface area contributed by atoms with Crippen LogP contribution in [0.25, 0.3) is 0 Å². The lowest BCUT2D eigenvalue weighted by atomic mass is 9.76. The minimum atomic E-state index is -0.297. The summed E-state index contributed by atoms with van der Waals surface area (Å²) in [6.45, 7) is 3.88. The van der Waals surface area contributed by atoms with E-state index < -0.39 is 0 Å². The summed E-state index contributed by atoms with van der Waals surface area (Å²) in [4.78, 5) is 12.7. The van der Waals surface area contributed by atoms with Crippen molar-refractivity contribution in [2.75, 3.05) is 18.4 Å². The van der Waals surface area contributed by atoms with Crippen LogP contribution in [0, 0.1) is 5.41 Å². The van der Waals surface area contributed by atoms with Crippen molar-refractivity contribution < 1.29 is 4.79 Å². The Labute approximate surface area is 133 Å². The number of halogens is 2. The SMILES string of the molecule is CCCC1(C(=O)Nc2cc(Cl)ccc2Br)CCCNC1. The fourth-order valence-electron chi connectivity index (χ4n) is 2.82. The summed E-state index contributed by atoms with van der Waals surface area (Å²) in [5.41, 5.74) is 0.443. The van der Waals surface area contributed by atoms with Gasteiger partial charge in [0.2, 0.25) is 5.91 Å². The van der Waals surface area contributed by atoms with Crippen LogP contribution in [0.4, 0.5) is 5.69 Å². The van der Waals surface area contributed by atoms with Crippen molar-refractivity contribution in [3.05, 3.63) is 27.7 Å². The van der Waals surface area contributed by atoms with Crippen LogP contribution in [0.3, 0.4) is 0 Å². The van der Waals surface area contributed by atoms with Crippen LogP contribution in [-0.4, -0.2) is 19.0 Å². The summed E-state index contributed by atoms with van der Waals surface area (Å²) in [6.07, 6.45) is 3.90. The van der Waals surface area contributed by atoms with E-state index >= 15 is 0 Å². The normalized spacial score (nSPS) is 22.6. The van der Waals surface area contributed by atoms with Gasteiger partial charge in [0.05, 0.1) is 11.1 Å². The van der Waals surface area contributed by atoms with Gasteiger partial charge >= 0.3 is 0 Å². The van der Waals surface area contributed by atoms with E-state index in [0.29, 0.717) is 5.02 Å². The first-order valence-corrected chi connectivity index (χ1v) is 8.22. The molecule has 0 aliphatic carbocycles. The predicted molar refractivity (Wildman–Crippen MR) is 87.2 cm³/mol. The second-order valence-electron chi connectivity index (χ2n) is 5.39. The van der Waals surface area contributed by atoms with Gasteiger partial charge in [0.15, 0.2) is 0 Å². The number of piperidine rings is 1. The van der Waals surface area contributed by atoms with E-state index in [1.807, 2.05) is 6.07 Å².